The number of halogens is 2. The van der Waals surface area contributed by atoms with Gasteiger partial charge in [-0.2, -0.15) is 0 Å². The molecule has 0 saturated carbocycles. The van der Waals surface area contributed by atoms with Gasteiger partial charge in [0, 0.05) is 0 Å². The van der Waals surface area contributed by atoms with Crippen molar-refractivity contribution in [1.82, 2.24) is 9.80 Å². The second-order valence-electron chi connectivity index (χ2n) is 9.56. The van der Waals surface area contributed by atoms with Crippen LogP contribution in [0.5, 0.6) is 0 Å². The zero-order valence-corrected chi connectivity index (χ0v) is 30.0. The fourth-order valence-electron chi connectivity index (χ4n) is 3.52. The Hall–Kier alpha value is 2.65. The summed E-state index contributed by atoms with van der Waals surface area (Å²) in [4.78, 5) is 4.56. The minimum absolute atomic E-state index is 0. The van der Waals surface area contributed by atoms with Crippen molar-refractivity contribution in [3.05, 3.63) is 0 Å². The van der Waals surface area contributed by atoms with Crippen LogP contribution in [-0.2, 0) is 0 Å². The van der Waals surface area contributed by atoms with Gasteiger partial charge in [-0.25, -0.2) is 0 Å². The number of likely N-dealkylation sites (tertiary alicyclic amines) is 2. The van der Waals surface area contributed by atoms with E-state index >= 15 is 0 Å². The molecule has 2 nitrogen and oxygen atoms in total. The van der Waals surface area contributed by atoms with E-state index in [2.05, 4.69) is 37.5 Å². The first-order valence-corrected chi connectivity index (χ1v) is 13.3. The predicted molar refractivity (Wildman–Crippen MR) is 136 cm³/mol. The van der Waals surface area contributed by atoms with Gasteiger partial charge in [0.05, 0.1) is 0 Å². The van der Waals surface area contributed by atoms with Gasteiger partial charge in [0.25, 0.3) is 0 Å². The molecule has 0 aromatic carbocycles. The third-order valence-corrected chi connectivity index (χ3v) is 8.89. The standard InChI is InChI=1S/2C9H18N.2Ga.2HI.4H/c2*1-8(2)9-5-4-6-10(3)7-9;;;;;;;;/h2*9H,4-7H2,1-3H3;;;2*1H;;;;/i2*3T;;;;;;;;. The van der Waals surface area contributed by atoms with Crippen LogP contribution in [0.1, 0.15) is 56.1 Å². The number of nitrogens with zero attached hydrogens (tertiary/aromatic N) is 2. The van der Waals surface area contributed by atoms with E-state index in [9.17, 15) is 0 Å². The van der Waals surface area contributed by atoms with E-state index in [1.54, 1.807) is 0 Å². The maximum atomic E-state index is 7.33. The van der Waals surface area contributed by atoms with Gasteiger partial charge in [-0.3, -0.25) is 0 Å². The Bertz CT molecular complexity index is 332. The SMILES string of the molecule is I.I.[3H]CN1CCCC([C](C)(C)[GaH2])C1.[3H]CN1CCCC([C](C)(C)[GaH2])C1. The molecule has 2 fully saturated rings. The second-order valence-corrected chi connectivity index (χ2v) is 20.4. The summed E-state index contributed by atoms with van der Waals surface area (Å²) in [6.45, 7) is 14.2. The molecule has 0 spiro atoms. The molecule has 0 bridgehead atoms. The van der Waals surface area contributed by atoms with Crippen LogP contribution in [0.15, 0.2) is 0 Å². The molecule has 24 heavy (non-hydrogen) atoms. The molecular formula is C18H42Ga2I2N2. The summed E-state index contributed by atoms with van der Waals surface area (Å²) in [6, 6.07) is 0. The van der Waals surface area contributed by atoms with Crippen LogP contribution in [0.4, 0.5) is 0 Å². The first-order chi connectivity index (χ1) is 11.1. The van der Waals surface area contributed by atoms with Crippen molar-refractivity contribution in [2.45, 2.75) is 61.3 Å². The molecule has 0 aromatic heterocycles. The van der Waals surface area contributed by atoms with Gasteiger partial charge in [0.15, 0.2) is 0 Å². The van der Waals surface area contributed by atoms with Crippen LogP contribution in [0.2, 0.25) is 7.94 Å². The zero-order chi connectivity index (χ0) is 18.4. The number of hydrogen-bond acceptors (Lipinski definition) is 2. The summed E-state index contributed by atoms with van der Waals surface area (Å²) >= 11 is 1.82. The normalized spacial score (nSPS) is 27.5. The third kappa shape index (κ3) is 11.5. The van der Waals surface area contributed by atoms with E-state index in [4.69, 9.17) is 2.74 Å². The Morgan fingerprint density at radius 1 is 0.792 bits per heavy atom. The summed E-state index contributed by atoms with van der Waals surface area (Å²) in [7, 11) is 0.999. The quantitative estimate of drug-likeness (QED) is 0.325. The van der Waals surface area contributed by atoms with Crippen molar-refractivity contribution in [3.63, 3.8) is 0 Å². The topological polar surface area (TPSA) is 6.48 Å². The van der Waals surface area contributed by atoms with E-state index in [0.29, 0.717) is 22.0 Å². The summed E-state index contributed by atoms with van der Waals surface area (Å²) < 4.78 is 15.9. The average Bonchev–Trinajstić information content (AvgIpc) is 2.54. The van der Waals surface area contributed by atoms with E-state index in [1.807, 2.05) is 0 Å². The fourth-order valence-corrected chi connectivity index (χ4v) is 5.50. The first-order valence-electron chi connectivity index (χ1n) is 10.5. The van der Waals surface area contributed by atoms with Crippen LogP contribution in [0.25, 0.3) is 0 Å². The van der Waals surface area contributed by atoms with Crippen molar-refractivity contribution in [2.75, 3.05) is 40.2 Å². The van der Waals surface area contributed by atoms with E-state index in [-0.39, 0.29) is 48.0 Å². The van der Waals surface area contributed by atoms with Crippen LogP contribution in [0, 0.1) is 11.8 Å². The Kier molecular flexibility index (Phi) is 13.4. The molecule has 0 N–H and O–H groups in total. The molecule has 6 heteroatoms. The molecule has 2 atom stereocenters. The van der Waals surface area contributed by atoms with Crippen LogP contribution < -0.4 is 0 Å². The van der Waals surface area contributed by atoms with Gasteiger partial charge in [-0.1, -0.05) is 0 Å². The molecule has 2 aliphatic heterocycles. The molecule has 2 saturated heterocycles. The average molecular weight is 684 g/mol. The van der Waals surface area contributed by atoms with Gasteiger partial charge in [0.2, 0.25) is 0 Å². The van der Waals surface area contributed by atoms with Gasteiger partial charge in [0.1, 0.15) is 0 Å². The zero-order valence-electron chi connectivity index (χ0n) is 18.9. The maximum absolute atomic E-state index is 7.33. The molecule has 2 heterocycles. The van der Waals surface area contributed by atoms with Crippen molar-refractivity contribution in [3.8, 4) is 0 Å². The second kappa shape index (κ2) is 13.0. The van der Waals surface area contributed by atoms with E-state index < -0.39 is 0 Å². The van der Waals surface area contributed by atoms with E-state index in [0.717, 1.165) is 62.1 Å². The fraction of sp³-hybridized carbons (Fsp3) is 1.00. The van der Waals surface area contributed by atoms with Gasteiger partial charge in [-0.05, 0) is 0 Å². The molecule has 2 unspecified atom stereocenters. The molecule has 0 aromatic rings. The van der Waals surface area contributed by atoms with Crippen molar-refractivity contribution < 1.29 is 2.74 Å². The first kappa shape index (κ1) is 24.7. The molecule has 0 aliphatic carbocycles. The van der Waals surface area contributed by atoms with Crippen molar-refractivity contribution in [1.29, 1.82) is 0 Å². The van der Waals surface area contributed by atoms with Crippen molar-refractivity contribution >= 4 is 85.2 Å². The Morgan fingerprint density at radius 3 is 1.38 bits per heavy atom. The van der Waals surface area contributed by atoms with Gasteiger partial charge in [-0.15, -0.1) is 48.0 Å². The van der Waals surface area contributed by atoms with Crippen LogP contribution >= 0.6 is 48.0 Å². The summed E-state index contributed by atoms with van der Waals surface area (Å²) in [5.74, 6) is 1.74. The van der Waals surface area contributed by atoms with Crippen LogP contribution in [-0.4, -0.2) is 87.2 Å². The summed E-state index contributed by atoms with van der Waals surface area (Å²) in [6.07, 6.45) is 5.41. The van der Waals surface area contributed by atoms with Gasteiger partial charge < -0.3 is 0 Å². The Balaban J connectivity index is 0. The van der Waals surface area contributed by atoms with Gasteiger partial charge >= 0.3 is 163 Å². The summed E-state index contributed by atoms with van der Waals surface area (Å²) in [5, 5.41) is 0. The number of piperidine rings is 2. The molecule has 0 amide bonds. The number of rotatable bonds is 2. The summed E-state index contributed by atoms with van der Waals surface area (Å²) in [5.41, 5.74) is 0. The number of hydrogen-bond donors (Lipinski definition) is 0. The molecular weight excluding hydrogens is 637 g/mol. The van der Waals surface area contributed by atoms with E-state index in [1.165, 1.54) is 38.8 Å². The third-order valence-electron chi connectivity index (χ3n) is 5.46. The minimum atomic E-state index is 0. The molecule has 2 aliphatic rings. The molecule has 144 valence electrons. The monoisotopic (exact) mass is 682 g/mol. The van der Waals surface area contributed by atoms with Crippen molar-refractivity contribution in [2.24, 2.45) is 11.8 Å². The van der Waals surface area contributed by atoms with Crippen LogP contribution in [0.3, 0.4) is 0 Å². The molecule has 0 radical (unpaired) electrons. The Labute approximate surface area is 209 Å². The Morgan fingerprint density at radius 2 is 1.12 bits per heavy atom. The molecule has 2 rings (SSSR count). The predicted octanol–water partition coefficient (Wildman–Crippen LogP) is 3.56.